The number of amides is 1. The zero-order chi connectivity index (χ0) is 19.1. The van der Waals surface area contributed by atoms with Crippen molar-refractivity contribution < 1.29 is 24.5 Å². The smallest absolute Gasteiger partial charge is 0.360 e. The highest BCUT2D eigenvalue weighted by atomic mass is 32.2. The van der Waals surface area contributed by atoms with Gasteiger partial charge in [0.25, 0.3) is 0 Å². The van der Waals surface area contributed by atoms with Gasteiger partial charge in [-0.15, -0.1) is 11.8 Å². The van der Waals surface area contributed by atoms with Gasteiger partial charge in [0.05, 0.1) is 18.5 Å². The molecule has 0 radical (unpaired) electrons. The summed E-state index contributed by atoms with van der Waals surface area (Å²) in [6.45, 7) is 4.48. The fraction of sp³-hybridized carbons (Fsp3) is 0.529. The molecule has 4 atom stereocenters. The number of nitrogens with two attached hydrogens (primary N) is 1. The van der Waals surface area contributed by atoms with Crippen LogP contribution in [0.5, 0.6) is 5.75 Å². The quantitative estimate of drug-likeness (QED) is 0.500. The zero-order valence-electron chi connectivity index (χ0n) is 14.8. The molecule has 0 saturated carbocycles. The summed E-state index contributed by atoms with van der Waals surface area (Å²) in [4.78, 5) is 35.9. The average Bonchev–Trinajstić information content (AvgIpc) is 2.79. The number of thioether (sulfide) groups is 1. The zero-order valence-corrected chi connectivity index (χ0v) is 15.7. The molecule has 4 N–H and O–H groups in total. The van der Waals surface area contributed by atoms with E-state index in [4.69, 9.17) is 10.6 Å². The number of nitrogens with one attached hydrogen (secondary N) is 1. The van der Waals surface area contributed by atoms with Crippen molar-refractivity contribution in [3.05, 3.63) is 29.8 Å². The van der Waals surface area contributed by atoms with Gasteiger partial charge in [-0.2, -0.15) is 4.89 Å². The van der Waals surface area contributed by atoms with Crippen LogP contribution in [0.1, 0.15) is 25.5 Å². The molecular weight excluding hydrogens is 358 g/mol. The van der Waals surface area contributed by atoms with Crippen molar-refractivity contribution in [1.29, 1.82) is 0 Å². The number of hydrogen-bond acceptors (Lipinski definition) is 8. The Hall–Kier alpha value is -1.81. The number of fused-ring (bicyclic) bond motifs is 1. The highest BCUT2D eigenvalue weighted by Crippen LogP contribution is 2.50. The molecule has 0 bridgehead atoms. The number of phenolic OH excluding ortho intramolecular Hbond substituents is 1. The maximum Gasteiger partial charge on any atom is 0.360 e. The molecule has 1 aromatic rings. The van der Waals surface area contributed by atoms with Gasteiger partial charge in [0.2, 0.25) is 5.91 Å². The second kappa shape index (κ2) is 7.07. The number of rotatable bonds is 5. The fourth-order valence-corrected chi connectivity index (χ4v) is 5.11. The molecule has 2 aliphatic heterocycles. The van der Waals surface area contributed by atoms with Crippen molar-refractivity contribution in [3.63, 3.8) is 0 Å². The highest BCUT2D eigenvalue weighted by molar-refractivity contribution is 8.01. The fourth-order valence-electron chi connectivity index (χ4n) is 3.46. The third-order valence-corrected chi connectivity index (χ3v) is 6.42. The predicted octanol–water partition coefficient (Wildman–Crippen LogP) is 0.517. The normalized spacial score (nSPS) is 27.9. The molecule has 2 fully saturated rings. The van der Waals surface area contributed by atoms with Gasteiger partial charge in [0.15, 0.2) is 0 Å². The molecule has 26 heavy (non-hydrogen) atoms. The van der Waals surface area contributed by atoms with E-state index >= 15 is 0 Å². The van der Waals surface area contributed by atoms with Crippen LogP contribution in [0.4, 0.5) is 0 Å². The van der Waals surface area contributed by atoms with Gasteiger partial charge in [-0.3, -0.25) is 14.6 Å². The number of hydrogen-bond donors (Lipinski definition) is 3. The van der Waals surface area contributed by atoms with E-state index in [9.17, 15) is 14.7 Å². The maximum atomic E-state index is 12.5. The number of benzene rings is 1. The minimum absolute atomic E-state index is 0.0182. The number of carbonyl (C=O) groups excluding carboxylic acids is 2. The Morgan fingerprint density at radius 3 is 2.65 bits per heavy atom. The highest BCUT2D eigenvalue weighted by Gasteiger charge is 2.60. The molecular formula is C17H23N3O5S. The first-order chi connectivity index (χ1) is 12.2. The van der Waals surface area contributed by atoms with Crippen LogP contribution in [0.3, 0.4) is 0 Å². The Labute approximate surface area is 155 Å². The van der Waals surface area contributed by atoms with Gasteiger partial charge >= 0.3 is 5.97 Å². The van der Waals surface area contributed by atoms with E-state index in [2.05, 4.69) is 10.2 Å². The molecule has 3 rings (SSSR count). The van der Waals surface area contributed by atoms with Gasteiger partial charge in [0.1, 0.15) is 17.8 Å². The number of nitrogens with zero attached hydrogens (tertiary/aromatic N) is 1. The van der Waals surface area contributed by atoms with Crippen LogP contribution in [-0.4, -0.2) is 57.7 Å². The summed E-state index contributed by atoms with van der Waals surface area (Å²) in [5.74, 6) is -0.602. The first-order valence-electron chi connectivity index (χ1n) is 8.27. The van der Waals surface area contributed by atoms with Crippen molar-refractivity contribution in [2.45, 2.75) is 42.1 Å². The van der Waals surface area contributed by atoms with E-state index in [0.29, 0.717) is 12.1 Å². The van der Waals surface area contributed by atoms with Crippen LogP contribution in [-0.2, 0) is 19.4 Å². The Bertz CT molecular complexity index is 696. The molecule has 0 aromatic heterocycles. The lowest BCUT2D eigenvalue weighted by atomic mass is 9.96. The number of aromatic hydroxyl groups is 1. The largest absolute Gasteiger partial charge is 0.508 e. The second-order valence-corrected chi connectivity index (χ2v) is 8.74. The van der Waals surface area contributed by atoms with Gasteiger partial charge in [-0.1, -0.05) is 12.1 Å². The van der Waals surface area contributed by atoms with Crippen LogP contribution in [0.2, 0.25) is 0 Å². The minimum Gasteiger partial charge on any atom is -0.508 e. The summed E-state index contributed by atoms with van der Waals surface area (Å²) in [7, 11) is 1.30. The van der Waals surface area contributed by atoms with Crippen LogP contribution in [0.25, 0.3) is 0 Å². The average molecular weight is 381 g/mol. The molecule has 1 aromatic carbocycles. The van der Waals surface area contributed by atoms with Gasteiger partial charge in [0, 0.05) is 11.3 Å². The molecule has 4 unspecified atom stereocenters. The summed E-state index contributed by atoms with van der Waals surface area (Å²) in [5, 5.41) is 12.3. The standard InChI is InChI=1S/C17H23N3O5S/c1-17(2)13(16(23)25-24-3)20-8-11(15(20)26-17)19-14(22)12(18)9-4-6-10(21)7-5-9/h4-7,11-13,15,21H,8,18H2,1-3H3,(H,19,22). The molecule has 8 nitrogen and oxygen atoms in total. The lowest BCUT2D eigenvalue weighted by Crippen LogP contribution is -2.67. The maximum absolute atomic E-state index is 12.5. The van der Waals surface area contributed by atoms with E-state index in [1.807, 2.05) is 18.7 Å². The van der Waals surface area contributed by atoms with Crippen molar-refractivity contribution in [2.24, 2.45) is 5.73 Å². The van der Waals surface area contributed by atoms with Crippen molar-refractivity contribution in [1.82, 2.24) is 10.2 Å². The van der Waals surface area contributed by atoms with E-state index in [1.165, 1.54) is 19.2 Å². The Morgan fingerprint density at radius 2 is 2.04 bits per heavy atom. The molecule has 2 saturated heterocycles. The molecule has 2 aliphatic rings. The summed E-state index contributed by atoms with van der Waals surface area (Å²) >= 11 is 1.62. The predicted molar refractivity (Wildman–Crippen MR) is 96.0 cm³/mol. The van der Waals surface area contributed by atoms with Crippen LogP contribution >= 0.6 is 11.8 Å². The minimum atomic E-state index is -0.821. The Morgan fingerprint density at radius 1 is 1.38 bits per heavy atom. The molecule has 1 amide bonds. The van der Waals surface area contributed by atoms with E-state index in [-0.39, 0.29) is 27.8 Å². The van der Waals surface area contributed by atoms with Crippen molar-refractivity contribution in [3.8, 4) is 5.75 Å². The van der Waals surface area contributed by atoms with Crippen molar-refractivity contribution >= 4 is 23.6 Å². The third-order valence-electron chi connectivity index (χ3n) is 4.74. The summed E-state index contributed by atoms with van der Waals surface area (Å²) in [6, 6.07) is 4.88. The van der Waals surface area contributed by atoms with Gasteiger partial charge in [-0.05, 0) is 31.5 Å². The summed E-state index contributed by atoms with van der Waals surface area (Å²) < 4.78 is -0.362. The first-order valence-corrected chi connectivity index (χ1v) is 9.15. The van der Waals surface area contributed by atoms with E-state index in [0.717, 1.165) is 0 Å². The van der Waals surface area contributed by atoms with E-state index in [1.54, 1.807) is 23.9 Å². The van der Waals surface area contributed by atoms with Gasteiger partial charge < -0.3 is 16.2 Å². The number of phenols is 1. The monoisotopic (exact) mass is 381 g/mol. The molecule has 2 heterocycles. The molecule has 9 heteroatoms. The van der Waals surface area contributed by atoms with Crippen LogP contribution in [0, 0.1) is 0 Å². The first kappa shape index (κ1) is 19.0. The van der Waals surface area contributed by atoms with Crippen LogP contribution in [0.15, 0.2) is 24.3 Å². The number of carbonyl (C=O) groups is 2. The third kappa shape index (κ3) is 3.39. The topological polar surface area (TPSA) is 114 Å². The van der Waals surface area contributed by atoms with Crippen LogP contribution < -0.4 is 11.1 Å². The van der Waals surface area contributed by atoms with E-state index < -0.39 is 18.1 Å². The van der Waals surface area contributed by atoms with Crippen molar-refractivity contribution in [2.75, 3.05) is 13.7 Å². The van der Waals surface area contributed by atoms with Gasteiger partial charge in [-0.25, -0.2) is 4.79 Å². The Kier molecular flexibility index (Phi) is 5.16. The molecule has 0 aliphatic carbocycles. The molecule has 0 spiro atoms. The summed E-state index contributed by atoms with van der Waals surface area (Å²) in [5.41, 5.74) is 6.64. The summed E-state index contributed by atoms with van der Waals surface area (Å²) in [6.07, 6.45) is 0. The second-order valence-electron chi connectivity index (χ2n) is 6.96. The SMILES string of the molecule is COOC(=O)C1N2CC(NC(=O)C(N)c3ccc(O)cc3)C2SC1(C)C. The lowest BCUT2D eigenvalue weighted by molar-refractivity contribution is -0.261. The Balaban J connectivity index is 1.62. The molecule has 142 valence electrons. The lowest BCUT2D eigenvalue weighted by Gasteiger charge is -2.45.